The van der Waals surface area contributed by atoms with Gasteiger partial charge in [-0.15, -0.1) is 11.3 Å². The summed E-state index contributed by atoms with van der Waals surface area (Å²) in [6.45, 7) is 2.03. The van der Waals surface area contributed by atoms with Crippen LogP contribution in [0.15, 0.2) is 42.7 Å². The smallest absolute Gasteiger partial charge is 0.244 e. The van der Waals surface area contributed by atoms with Crippen molar-refractivity contribution >= 4 is 50.6 Å². The number of carbonyl (C=O) groups excluding carboxylic acids is 1. The fraction of sp³-hybridized carbons (Fsp3) is 0.105. The fourth-order valence-corrected chi connectivity index (χ4v) is 3.25. The van der Waals surface area contributed by atoms with Gasteiger partial charge >= 0.3 is 0 Å². The summed E-state index contributed by atoms with van der Waals surface area (Å²) in [5, 5.41) is 6.61. The van der Waals surface area contributed by atoms with E-state index in [4.69, 9.17) is 11.6 Å². The number of allylic oxidation sites excluding steroid dienone is 1. The fourth-order valence-electron chi connectivity index (χ4n) is 2.20. The number of anilines is 2. The lowest BCUT2D eigenvalue weighted by Gasteiger charge is -2.06. The first-order valence-corrected chi connectivity index (χ1v) is 9.12. The summed E-state index contributed by atoms with van der Waals surface area (Å²) in [4.78, 5) is 21.4. The molecule has 2 aromatic heterocycles. The van der Waals surface area contributed by atoms with Crippen LogP contribution in [-0.4, -0.2) is 22.4 Å². The zero-order valence-corrected chi connectivity index (χ0v) is 15.8. The second kappa shape index (κ2) is 8.62. The molecule has 0 spiro atoms. The second-order valence-electron chi connectivity index (χ2n) is 5.33. The maximum absolute atomic E-state index is 13.3. The van der Waals surface area contributed by atoms with Crippen LogP contribution in [0.3, 0.4) is 0 Å². The largest absolute Gasteiger partial charge is 0.342 e. The maximum atomic E-state index is 13.3. The number of rotatable bonds is 4. The average Bonchev–Trinajstić information content (AvgIpc) is 3.06. The van der Waals surface area contributed by atoms with Crippen molar-refractivity contribution in [1.29, 1.82) is 0 Å². The molecular weight excluding hydrogens is 387 g/mol. The van der Waals surface area contributed by atoms with Crippen LogP contribution in [0.25, 0.3) is 10.2 Å². The number of nitrogens with one attached hydrogen (secondary N) is 2. The van der Waals surface area contributed by atoms with Crippen LogP contribution in [-0.2, 0) is 4.79 Å². The Morgan fingerprint density at radius 2 is 2.22 bits per heavy atom. The Bertz CT molecular complexity index is 1080. The first-order chi connectivity index (χ1) is 13.1. The molecule has 2 N–H and O–H groups in total. The summed E-state index contributed by atoms with van der Waals surface area (Å²) < 4.78 is 13.3. The van der Waals surface area contributed by atoms with Gasteiger partial charge in [0.05, 0.1) is 21.8 Å². The highest BCUT2D eigenvalue weighted by molar-refractivity contribution is 7.19. The number of carbonyl (C=O) groups is 1. The molecule has 1 aromatic carbocycles. The molecule has 5 nitrogen and oxygen atoms in total. The molecule has 0 aliphatic carbocycles. The van der Waals surface area contributed by atoms with Crippen LogP contribution < -0.4 is 10.6 Å². The van der Waals surface area contributed by atoms with Crippen molar-refractivity contribution in [2.24, 2.45) is 0 Å². The molecule has 3 aromatic rings. The van der Waals surface area contributed by atoms with Crippen LogP contribution in [0, 0.1) is 17.7 Å². The van der Waals surface area contributed by atoms with Crippen molar-refractivity contribution in [2.75, 3.05) is 11.9 Å². The number of aromatic nitrogens is 2. The third-order valence-corrected chi connectivity index (χ3v) is 4.64. The van der Waals surface area contributed by atoms with E-state index in [1.54, 1.807) is 19.1 Å². The van der Waals surface area contributed by atoms with Gasteiger partial charge in [0.1, 0.15) is 22.8 Å². The molecule has 8 heteroatoms. The summed E-state index contributed by atoms with van der Waals surface area (Å²) in [5.74, 6) is 5.82. The van der Waals surface area contributed by atoms with Gasteiger partial charge in [-0.3, -0.25) is 4.79 Å². The third-order valence-electron chi connectivity index (χ3n) is 3.39. The van der Waals surface area contributed by atoms with Crippen LogP contribution in [0.5, 0.6) is 0 Å². The Labute approximate surface area is 164 Å². The third kappa shape index (κ3) is 4.82. The minimum Gasteiger partial charge on any atom is -0.342 e. The van der Waals surface area contributed by atoms with Crippen LogP contribution in [0.2, 0.25) is 5.02 Å². The maximum Gasteiger partial charge on any atom is 0.244 e. The van der Waals surface area contributed by atoms with Gasteiger partial charge in [0.2, 0.25) is 5.91 Å². The molecule has 136 valence electrons. The molecule has 0 bridgehead atoms. The number of hydrogen-bond acceptors (Lipinski definition) is 5. The van der Waals surface area contributed by atoms with Gasteiger partial charge in [-0.1, -0.05) is 29.5 Å². The minimum absolute atomic E-state index is 0.0298. The predicted octanol–water partition coefficient (Wildman–Crippen LogP) is 4.27. The van der Waals surface area contributed by atoms with Crippen LogP contribution in [0.4, 0.5) is 15.9 Å². The van der Waals surface area contributed by atoms with E-state index in [1.807, 2.05) is 6.07 Å². The zero-order chi connectivity index (χ0) is 19.2. The number of benzene rings is 1. The first kappa shape index (κ1) is 18.8. The highest BCUT2D eigenvalue weighted by atomic mass is 35.5. The molecule has 0 fully saturated rings. The number of halogens is 2. The van der Waals surface area contributed by atoms with Gasteiger partial charge in [-0.25, -0.2) is 14.4 Å². The van der Waals surface area contributed by atoms with Crippen molar-refractivity contribution in [3.8, 4) is 11.8 Å². The van der Waals surface area contributed by atoms with Crippen LogP contribution >= 0.6 is 22.9 Å². The monoisotopic (exact) mass is 400 g/mol. The van der Waals surface area contributed by atoms with Gasteiger partial charge in [0.25, 0.3) is 0 Å². The van der Waals surface area contributed by atoms with E-state index in [-0.39, 0.29) is 17.5 Å². The van der Waals surface area contributed by atoms with E-state index in [2.05, 4.69) is 32.4 Å². The van der Waals surface area contributed by atoms with E-state index in [9.17, 15) is 9.18 Å². The summed E-state index contributed by atoms with van der Waals surface area (Å²) in [5.41, 5.74) is 0.618. The SMILES string of the molecule is CC=CC(=O)NCC#Cc1cc2c(Nc3ccc(F)c(Cl)c3)ncnc2s1. The molecule has 0 aliphatic heterocycles. The van der Waals surface area contributed by atoms with Gasteiger partial charge in [-0.2, -0.15) is 0 Å². The van der Waals surface area contributed by atoms with Crippen LogP contribution in [0.1, 0.15) is 11.8 Å². The summed E-state index contributed by atoms with van der Waals surface area (Å²) >= 11 is 7.24. The van der Waals surface area contributed by atoms with Crippen molar-refractivity contribution in [3.05, 3.63) is 58.5 Å². The lowest BCUT2D eigenvalue weighted by atomic mass is 10.3. The molecule has 27 heavy (non-hydrogen) atoms. The van der Waals surface area contributed by atoms with E-state index >= 15 is 0 Å². The standard InChI is InChI=1S/C19H14ClFN4OS/c1-2-4-17(26)22-8-3-5-13-10-14-18(23-11-24-19(14)27-13)25-12-6-7-16(21)15(20)9-12/h2,4,6-7,9-11H,8H2,1H3,(H,22,26)(H,23,24,25). The zero-order valence-electron chi connectivity index (χ0n) is 14.2. The molecule has 2 heterocycles. The van der Waals surface area contributed by atoms with Crippen molar-refractivity contribution in [2.45, 2.75) is 6.92 Å². The summed E-state index contributed by atoms with van der Waals surface area (Å²) in [6.07, 6.45) is 4.55. The molecule has 0 radical (unpaired) electrons. The van der Waals surface area contributed by atoms with E-state index in [0.29, 0.717) is 11.5 Å². The van der Waals surface area contributed by atoms with Crippen molar-refractivity contribution in [1.82, 2.24) is 15.3 Å². The molecule has 0 atom stereocenters. The topological polar surface area (TPSA) is 66.9 Å². The first-order valence-electron chi connectivity index (χ1n) is 7.93. The van der Waals surface area contributed by atoms with Gasteiger partial charge in [0.15, 0.2) is 0 Å². The Morgan fingerprint density at radius 3 is 3.00 bits per heavy atom. The summed E-state index contributed by atoms with van der Waals surface area (Å²) in [6, 6.07) is 6.23. The lowest BCUT2D eigenvalue weighted by molar-refractivity contribution is -0.116. The summed E-state index contributed by atoms with van der Waals surface area (Å²) in [7, 11) is 0. The Kier molecular flexibility index (Phi) is 6.01. The molecule has 3 rings (SSSR count). The number of nitrogens with zero attached hydrogens (tertiary/aromatic N) is 2. The normalized spacial score (nSPS) is 10.6. The van der Waals surface area contributed by atoms with Crippen molar-refractivity contribution in [3.63, 3.8) is 0 Å². The van der Waals surface area contributed by atoms with Gasteiger partial charge in [0, 0.05) is 5.69 Å². The molecule has 0 saturated heterocycles. The molecule has 0 saturated carbocycles. The predicted molar refractivity (Wildman–Crippen MR) is 107 cm³/mol. The second-order valence-corrected chi connectivity index (χ2v) is 6.76. The molecule has 0 unspecified atom stereocenters. The molecule has 0 aliphatic rings. The van der Waals surface area contributed by atoms with E-state index in [0.717, 1.165) is 15.1 Å². The number of hydrogen-bond donors (Lipinski definition) is 2. The lowest BCUT2D eigenvalue weighted by Crippen LogP contribution is -2.20. The van der Waals surface area contributed by atoms with Gasteiger partial charge < -0.3 is 10.6 Å². The quantitative estimate of drug-likeness (QED) is 0.507. The molecule has 1 amide bonds. The average molecular weight is 401 g/mol. The number of amides is 1. The van der Waals surface area contributed by atoms with Crippen molar-refractivity contribution < 1.29 is 9.18 Å². The highest BCUT2D eigenvalue weighted by Crippen LogP contribution is 2.30. The Morgan fingerprint density at radius 1 is 1.37 bits per heavy atom. The number of thiophene rings is 1. The highest BCUT2D eigenvalue weighted by Gasteiger charge is 2.09. The van der Waals surface area contributed by atoms with E-state index in [1.165, 1.54) is 35.9 Å². The molecular formula is C19H14ClFN4OS. The van der Waals surface area contributed by atoms with Gasteiger partial charge in [-0.05, 0) is 37.3 Å². The number of fused-ring (bicyclic) bond motifs is 1. The Hall–Kier alpha value is -2.95. The minimum atomic E-state index is -0.482. The Balaban J connectivity index is 1.79. The van der Waals surface area contributed by atoms with E-state index < -0.39 is 5.82 Å².